The molecule has 0 saturated carbocycles. The fourth-order valence-corrected chi connectivity index (χ4v) is 2.62. The van der Waals surface area contributed by atoms with E-state index in [1.807, 2.05) is 13.8 Å². The summed E-state index contributed by atoms with van der Waals surface area (Å²) in [7, 11) is 0. The van der Waals surface area contributed by atoms with Gasteiger partial charge in [0, 0.05) is 6.61 Å². The summed E-state index contributed by atoms with van der Waals surface area (Å²) in [6, 6.07) is 3.36. The van der Waals surface area contributed by atoms with Gasteiger partial charge in [-0.1, -0.05) is 13.8 Å². The Kier molecular flexibility index (Phi) is 7.68. The lowest BCUT2D eigenvalue weighted by Crippen LogP contribution is -2.46. The Bertz CT molecular complexity index is 635. The third-order valence-electron chi connectivity index (χ3n) is 4.11. The third kappa shape index (κ3) is 6.35. The summed E-state index contributed by atoms with van der Waals surface area (Å²) in [4.78, 5) is 12.0. The first kappa shape index (κ1) is 22.4. The SMILES string of the molecule is CC(C)CO[C@H]1COC[C@H](N)C(=O)O[C@@H](C)[C@@H]1Oc1ccc(C(F)(F)F)cc1. The Balaban J connectivity index is 2.22. The van der Waals surface area contributed by atoms with Gasteiger partial charge in [-0.3, -0.25) is 4.79 Å². The Morgan fingerprint density at radius 3 is 2.43 bits per heavy atom. The molecule has 1 aromatic carbocycles. The molecule has 158 valence electrons. The van der Waals surface area contributed by atoms with Gasteiger partial charge in [-0.25, -0.2) is 0 Å². The zero-order valence-electron chi connectivity index (χ0n) is 16.1. The first-order valence-electron chi connectivity index (χ1n) is 9.07. The third-order valence-corrected chi connectivity index (χ3v) is 4.11. The van der Waals surface area contributed by atoms with Gasteiger partial charge in [-0.15, -0.1) is 0 Å². The number of nitrogens with two attached hydrogens (primary N) is 1. The summed E-state index contributed by atoms with van der Waals surface area (Å²) in [6.07, 6.45) is -6.57. The van der Waals surface area contributed by atoms with Crippen molar-refractivity contribution < 1.29 is 36.9 Å². The van der Waals surface area contributed by atoms with Crippen molar-refractivity contribution in [2.75, 3.05) is 19.8 Å². The van der Waals surface area contributed by atoms with Gasteiger partial charge in [0.05, 0.1) is 18.8 Å². The zero-order chi connectivity index (χ0) is 20.9. The van der Waals surface area contributed by atoms with E-state index in [0.717, 1.165) is 12.1 Å². The topological polar surface area (TPSA) is 80.0 Å². The van der Waals surface area contributed by atoms with Crippen molar-refractivity contribution in [3.63, 3.8) is 0 Å². The van der Waals surface area contributed by atoms with E-state index in [1.165, 1.54) is 12.1 Å². The highest BCUT2D eigenvalue weighted by molar-refractivity contribution is 5.75. The van der Waals surface area contributed by atoms with E-state index in [4.69, 9.17) is 24.7 Å². The molecule has 4 atom stereocenters. The minimum absolute atomic E-state index is 0.0277. The van der Waals surface area contributed by atoms with Crippen LogP contribution in [0.1, 0.15) is 26.3 Å². The van der Waals surface area contributed by atoms with E-state index < -0.39 is 42.1 Å². The van der Waals surface area contributed by atoms with E-state index in [-0.39, 0.29) is 24.9 Å². The van der Waals surface area contributed by atoms with Crippen LogP contribution in [-0.4, -0.2) is 50.1 Å². The van der Waals surface area contributed by atoms with Crippen molar-refractivity contribution in [3.05, 3.63) is 29.8 Å². The van der Waals surface area contributed by atoms with E-state index in [0.29, 0.717) is 6.61 Å². The quantitative estimate of drug-likeness (QED) is 0.759. The zero-order valence-corrected chi connectivity index (χ0v) is 16.1. The molecule has 1 aliphatic rings. The molecule has 1 aliphatic heterocycles. The van der Waals surface area contributed by atoms with Crippen LogP contribution in [-0.2, 0) is 25.2 Å². The van der Waals surface area contributed by atoms with Crippen molar-refractivity contribution in [1.82, 2.24) is 0 Å². The second kappa shape index (κ2) is 9.58. The smallest absolute Gasteiger partial charge is 0.416 e. The number of halogens is 3. The first-order chi connectivity index (χ1) is 13.1. The number of carbonyl (C=O) groups excluding carboxylic acids is 1. The predicted octanol–water partition coefficient (Wildman–Crippen LogP) is 2.78. The molecular formula is C19H26F3NO5. The summed E-state index contributed by atoms with van der Waals surface area (Å²) in [5, 5.41) is 0. The molecule has 9 heteroatoms. The van der Waals surface area contributed by atoms with Gasteiger partial charge in [0.25, 0.3) is 0 Å². The molecule has 0 bridgehead atoms. The molecule has 1 heterocycles. The van der Waals surface area contributed by atoms with Crippen molar-refractivity contribution in [1.29, 1.82) is 0 Å². The largest absolute Gasteiger partial charge is 0.484 e. The number of hydrogen-bond donors (Lipinski definition) is 1. The van der Waals surface area contributed by atoms with Gasteiger partial charge in [0.1, 0.15) is 24.0 Å². The maximum Gasteiger partial charge on any atom is 0.416 e. The molecule has 1 aromatic rings. The lowest BCUT2D eigenvalue weighted by molar-refractivity contribution is -0.158. The van der Waals surface area contributed by atoms with Crippen LogP contribution >= 0.6 is 0 Å². The molecule has 0 radical (unpaired) electrons. The second-order valence-electron chi connectivity index (χ2n) is 7.16. The molecule has 2 N–H and O–H groups in total. The number of rotatable bonds is 5. The van der Waals surface area contributed by atoms with Crippen molar-refractivity contribution in [2.45, 2.75) is 51.3 Å². The van der Waals surface area contributed by atoms with E-state index in [1.54, 1.807) is 6.92 Å². The molecule has 28 heavy (non-hydrogen) atoms. The highest BCUT2D eigenvalue weighted by Gasteiger charge is 2.36. The van der Waals surface area contributed by atoms with E-state index >= 15 is 0 Å². The molecule has 0 unspecified atom stereocenters. The summed E-state index contributed by atoms with van der Waals surface area (Å²) in [5.41, 5.74) is 4.93. The predicted molar refractivity (Wildman–Crippen MR) is 94.8 cm³/mol. The molecular weight excluding hydrogens is 379 g/mol. The molecule has 1 saturated heterocycles. The molecule has 2 rings (SSSR count). The lowest BCUT2D eigenvalue weighted by Gasteiger charge is -2.31. The number of benzene rings is 1. The fraction of sp³-hybridized carbons (Fsp3) is 0.632. The summed E-state index contributed by atoms with van der Waals surface area (Å²) in [6.45, 7) is 6.05. The number of alkyl halides is 3. The monoisotopic (exact) mass is 405 g/mol. The van der Waals surface area contributed by atoms with Crippen LogP contribution in [0.4, 0.5) is 13.2 Å². The average molecular weight is 405 g/mol. The minimum atomic E-state index is -4.44. The summed E-state index contributed by atoms with van der Waals surface area (Å²) < 4.78 is 60.8. The van der Waals surface area contributed by atoms with Crippen LogP contribution in [0.25, 0.3) is 0 Å². The standard InChI is InChI=1S/C19H26F3NO5/c1-11(2)8-26-16-10-25-9-15(23)18(24)27-12(3)17(16)28-14-6-4-13(5-7-14)19(20,21)22/h4-7,11-12,15-17H,8-10,23H2,1-3H3/t12-,15-,16-,17-/m0/s1. The molecule has 0 aromatic heterocycles. The van der Waals surface area contributed by atoms with Crippen molar-refractivity contribution in [2.24, 2.45) is 11.7 Å². The Morgan fingerprint density at radius 2 is 1.86 bits per heavy atom. The fourth-order valence-electron chi connectivity index (χ4n) is 2.62. The van der Waals surface area contributed by atoms with Crippen LogP contribution in [0.5, 0.6) is 5.75 Å². The van der Waals surface area contributed by atoms with Gasteiger partial charge in [-0.05, 0) is 37.1 Å². The Hall–Kier alpha value is -1.84. The van der Waals surface area contributed by atoms with E-state index in [9.17, 15) is 18.0 Å². The molecule has 0 amide bonds. The Labute approximate surface area is 162 Å². The number of carbonyl (C=O) groups is 1. The van der Waals surface area contributed by atoms with Gasteiger partial charge in [-0.2, -0.15) is 13.2 Å². The lowest BCUT2D eigenvalue weighted by atomic mass is 10.1. The van der Waals surface area contributed by atoms with E-state index in [2.05, 4.69) is 0 Å². The van der Waals surface area contributed by atoms with Crippen molar-refractivity contribution >= 4 is 5.97 Å². The summed E-state index contributed by atoms with van der Waals surface area (Å²) in [5.74, 6) is -0.208. The number of hydrogen-bond acceptors (Lipinski definition) is 6. The van der Waals surface area contributed by atoms with Gasteiger partial charge in [0.15, 0.2) is 6.10 Å². The molecule has 6 nitrogen and oxygen atoms in total. The molecule has 1 fully saturated rings. The van der Waals surface area contributed by atoms with Crippen LogP contribution in [0.2, 0.25) is 0 Å². The van der Waals surface area contributed by atoms with Crippen LogP contribution in [0.3, 0.4) is 0 Å². The molecule has 0 spiro atoms. The molecule has 0 aliphatic carbocycles. The van der Waals surface area contributed by atoms with Crippen LogP contribution in [0, 0.1) is 5.92 Å². The number of esters is 1. The minimum Gasteiger partial charge on any atom is -0.484 e. The number of ether oxygens (including phenoxy) is 4. The summed E-state index contributed by atoms with van der Waals surface area (Å²) >= 11 is 0. The second-order valence-corrected chi connectivity index (χ2v) is 7.16. The Morgan fingerprint density at radius 1 is 1.21 bits per heavy atom. The highest BCUT2D eigenvalue weighted by atomic mass is 19.4. The van der Waals surface area contributed by atoms with Crippen LogP contribution < -0.4 is 10.5 Å². The van der Waals surface area contributed by atoms with Crippen molar-refractivity contribution in [3.8, 4) is 5.75 Å². The maximum atomic E-state index is 12.8. The maximum absolute atomic E-state index is 12.8. The normalized spacial score (nSPS) is 26.9. The van der Waals surface area contributed by atoms with Crippen LogP contribution in [0.15, 0.2) is 24.3 Å². The highest BCUT2D eigenvalue weighted by Crippen LogP contribution is 2.31. The number of cyclic esters (lactones) is 1. The first-order valence-corrected chi connectivity index (χ1v) is 9.07. The average Bonchev–Trinajstić information content (AvgIpc) is 2.65. The van der Waals surface area contributed by atoms with Gasteiger partial charge < -0.3 is 24.7 Å². The van der Waals surface area contributed by atoms with Gasteiger partial charge >= 0.3 is 12.1 Å². The van der Waals surface area contributed by atoms with Gasteiger partial charge in [0.2, 0.25) is 0 Å².